The van der Waals surface area contributed by atoms with Crippen molar-refractivity contribution in [1.82, 2.24) is 9.78 Å². The van der Waals surface area contributed by atoms with E-state index in [1.54, 1.807) is 12.1 Å². The summed E-state index contributed by atoms with van der Waals surface area (Å²) in [5, 5.41) is 4.61. The normalized spacial score (nSPS) is 21.9. The van der Waals surface area contributed by atoms with Crippen LogP contribution in [0.5, 0.6) is 0 Å². The smallest absolute Gasteiger partial charge is 0.399 e. The molecule has 8 nitrogen and oxygen atoms in total. The van der Waals surface area contributed by atoms with Gasteiger partial charge < -0.3 is 14.0 Å². The standard InChI is InChI=1S/C29H39BN2O6S/c1-19-11-7-8-12-21(19)25(39(33,34)35)15-14-22-20(2)17-24-23(18-31-32(24)26-13-9-10-16-36-26)27(22)30-37-28(3,4)29(5,6)38-30/h7-8,11-12,17-18,25-26H,9-10,13-16H2,1-6H3,(H,33,34,35). The Morgan fingerprint density at radius 2 is 1.79 bits per heavy atom. The second-order valence-electron chi connectivity index (χ2n) is 11.9. The van der Waals surface area contributed by atoms with Crippen molar-refractivity contribution in [3.63, 3.8) is 0 Å². The minimum atomic E-state index is -4.34. The molecule has 3 heterocycles. The molecule has 0 bridgehead atoms. The number of hydrogen-bond donors (Lipinski definition) is 1. The fraction of sp³-hybridized carbons (Fsp3) is 0.552. The van der Waals surface area contributed by atoms with Gasteiger partial charge in [-0.3, -0.25) is 4.55 Å². The van der Waals surface area contributed by atoms with Crippen molar-refractivity contribution < 1.29 is 27.0 Å². The topological polar surface area (TPSA) is 99.9 Å². The van der Waals surface area contributed by atoms with E-state index in [0.29, 0.717) is 18.6 Å². The average molecular weight is 555 g/mol. The Morgan fingerprint density at radius 3 is 2.41 bits per heavy atom. The van der Waals surface area contributed by atoms with E-state index in [1.165, 1.54) is 0 Å². The van der Waals surface area contributed by atoms with Crippen LogP contribution >= 0.6 is 0 Å². The molecule has 39 heavy (non-hydrogen) atoms. The third-order valence-corrected chi connectivity index (χ3v) is 9.96. The number of aryl methyl sites for hydroxylation is 2. The largest absolute Gasteiger partial charge is 0.495 e. The van der Waals surface area contributed by atoms with Crippen LogP contribution in [0, 0.1) is 13.8 Å². The van der Waals surface area contributed by atoms with Crippen molar-refractivity contribution in [2.75, 3.05) is 6.61 Å². The molecule has 2 saturated heterocycles. The Morgan fingerprint density at radius 1 is 1.10 bits per heavy atom. The fourth-order valence-electron chi connectivity index (χ4n) is 5.79. The fourth-order valence-corrected chi connectivity index (χ4v) is 6.79. The molecule has 0 spiro atoms. The third kappa shape index (κ3) is 5.29. The maximum Gasteiger partial charge on any atom is 0.495 e. The first kappa shape index (κ1) is 28.3. The highest BCUT2D eigenvalue weighted by Crippen LogP contribution is 2.39. The van der Waals surface area contributed by atoms with Gasteiger partial charge in [-0.15, -0.1) is 0 Å². The van der Waals surface area contributed by atoms with Crippen molar-refractivity contribution >= 4 is 33.6 Å². The van der Waals surface area contributed by atoms with Crippen LogP contribution in [-0.2, 0) is 30.6 Å². The van der Waals surface area contributed by atoms with Gasteiger partial charge in [0.05, 0.1) is 22.9 Å². The van der Waals surface area contributed by atoms with Crippen LogP contribution in [0.2, 0.25) is 0 Å². The summed E-state index contributed by atoms with van der Waals surface area (Å²) in [5.74, 6) is 0. The van der Waals surface area contributed by atoms with Crippen LogP contribution in [0.4, 0.5) is 0 Å². The van der Waals surface area contributed by atoms with Crippen molar-refractivity contribution in [3.8, 4) is 0 Å². The molecule has 0 saturated carbocycles. The predicted molar refractivity (Wildman–Crippen MR) is 153 cm³/mol. The Labute approximate surface area is 231 Å². The van der Waals surface area contributed by atoms with E-state index in [0.717, 1.165) is 52.3 Å². The molecule has 2 aromatic carbocycles. The van der Waals surface area contributed by atoms with Gasteiger partial charge in [-0.1, -0.05) is 24.3 Å². The lowest BCUT2D eigenvalue weighted by Crippen LogP contribution is -2.41. The number of aromatic nitrogens is 2. The van der Waals surface area contributed by atoms with Crippen molar-refractivity contribution in [1.29, 1.82) is 0 Å². The lowest BCUT2D eigenvalue weighted by molar-refractivity contribution is -0.0366. The highest BCUT2D eigenvalue weighted by molar-refractivity contribution is 7.86. The molecule has 2 unspecified atom stereocenters. The van der Waals surface area contributed by atoms with Gasteiger partial charge in [0.25, 0.3) is 10.1 Å². The molecular formula is C29H39BN2O6S. The van der Waals surface area contributed by atoms with E-state index >= 15 is 0 Å². The van der Waals surface area contributed by atoms with Crippen LogP contribution in [0.3, 0.4) is 0 Å². The number of rotatable bonds is 7. The molecule has 2 aliphatic heterocycles. The van der Waals surface area contributed by atoms with Crippen molar-refractivity contribution in [2.24, 2.45) is 0 Å². The van der Waals surface area contributed by atoms with Crippen molar-refractivity contribution in [3.05, 3.63) is 58.8 Å². The molecule has 2 atom stereocenters. The molecule has 3 aromatic rings. The molecule has 1 N–H and O–H groups in total. The lowest BCUT2D eigenvalue weighted by Gasteiger charge is -2.32. The number of benzene rings is 2. The van der Waals surface area contributed by atoms with Crippen molar-refractivity contribution in [2.45, 2.75) is 96.3 Å². The lowest BCUT2D eigenvalue weighted by atomic mass is 9.71. The van der Waals surface area contributed by atoms with E-state index in [-0.39, 0.29) is 12.6 Å². The molecule has 2 fully saturated rings. The van der Waals surface area contributed by atoms with Gasteiger partial charge in [-0.25, -0.2) is 4.68 Å². The average Bonchev–Trinajstić information content (AvgIpc) is 3.36. The van der Waals surface area contributed by atoms with E-state index in [9.17, 15) is 13.0 Å². The zero-order valence-electron chi connectivity index (χ0n) is 23.7. The van der Waals surface area contributed by atoms with Crippen LogP contribution in [-0.4, -0.2) is 47.7 Å². The quantitative estimate of drug-likeness (QED) is 0.316. The Balaban J connectivity index is 1.61. The zero-order chi connectivity index (χ0) is 28.2. The molecule has 10 heteroatoms. The maximum absolute atomic E-state index is 12.6. The van der Waals surface area contributed by atoms with Crippen LogP contribution in [0.15, 0.2) is 36.5 Å². The summed E-state index contributed by atoms with van der Waals surface area (Å²) in [6.45, 7) is 12.7. The molecular weight excluding hydrogens is 515 g/mol. The number of hydrogen-bond acceptors (Lipinski definition) is 6. The summed E-state index contributed by atoms with van der Waals surface area (Å²) in [7, 11) is -4.99. The maximum atomic E-state index is 12.6. The van der Waals surface area contributed by atoms with E-state index in [1.807, 2.05) is 64.6 Å². The second-order valence-corrected chi connectivity index (χ2v) is 13.5. The molecule has 1 aromatic heterocycles. The number of nitrogens with zero attached hydrogens (tertiary/aromatic N) is 2. The first-order valence-corrected chi connectivity index (χ1v) is 15.3. The van der Waals surface area contributed by atoms with Gasteiger partial charge in [0.1, 0.15) is 5.25 Å². The van der Waals surface area contributed by atoms with E-state index in [4.69, 9.17) is 19.1 Å². The van der Waals surface area contributed by atoms with E-state index in [2.05, 4.69) is 6.07 Å². The monoisotopic (exact) mass is 554 g/mol. The van der Waals surface area contributed by atoms with Gasteiger partial charge in [0.2, 0.25) is 0 Å². The molecule has 2 aliphatic rings. The summed E-state index contributed by atoms with van der Waals surface area (Å²) in [5.41, 5.74) is 4.08. The van der Waals surface area contributed by atoms with Crippen LogP contribution < -0.4 is 5.46 Å². The van der Waals surface area contributed by atoms with Gasteiger partial charge >= 0.3 is 7.12 Å². The first-order chi connectivity index (χ1) is 18.3. The van der Waals surface area contributed by atoms with Gasteiger partial charge in [0.15, 0.2) is 6.23 Å². The molecule has 0 aliphatic carbocycles. The zero-order valence-corrected chi connectivity index (χ0v) is 24.5. The summed E-state index contributed by atoms with van der Waals surface area (Å²) < 4.78 is 56.4. The summed E-state index contributed by atoms with van der Waals surface area (Å²) >= 11 is 0. The summed E-state index contributed by atoms with van der Waals surface area (Å²) in [4.78, 5) is 0. The minimum absolute atomic E-state index is 0.127. The summed E-state index contributed by atoms with van der Waals surface area (Å²) in [6, 6.07) is 9.40. The highest BCUT2D eigenvalue weighted by Gasteiger charge is 2.53. The number of fused-ring (bicyclic) bond motifs is 1. The molecule has 0 amide bonds. The molecule has 0 radical (unpaired) electrons. The van der Waals surface area contributed by atoms with Crippen LogP contribution in [0.25, 0.3) is 10.9 Å². The highest BCUT2D eigenvalue weighted by atomic mass is 32.2. The Kier molecular flexibility index (Phi) is 7.48. The molecule has 210 valence electrons. The Bertz CT molecular complexity index is 1460. The third-order valence-electron chi connectivity index (χ3n) is 8.75. The number of ether oxygens (including phenoxy) is 1. The summed E-state index contributed by atoms with van der Waals surface area (Å²) in [6.07, 6.45) is 5.37. The molecule has 5 rings (SSSR count). The second kappa shape index (κ2) is 10.3. The van der Waals surface area contributed by atoms with Gasteiger partial charge in [-0.05, 0) is 107 Å². The predicted octanol–water partition coefficient (Wildman–Crippen LogP) is 5.21. The Hall–Kier alpha value is -2.24. The van der Waals surface area contributed by atoms with Gasteiger partial charge in [-0.2, -0.15) is 13.5 Å². The first-order valence-electron chi connectivity index (χ1n) is 13.8. The SMILES string of the molecule is Cc1ccccc1C(CCc1c(C)cc2c(cnn2C2CCCCO2)c1B1OC(C)(C)C(C)(C)O1)S(=O)(=O)O. The van der Waals surface area contributed by atoms with Gasteiger partial charge in [0, 0.05) is 12.0 Å². The minimum Gasteiger partial charge on any atom is -0.399 e. The van der Waals surface area contributed by atoms with E-state index < -0.39 is 33.7 Å². The van der Waals surface area contributed by atoms with Crippen LogP contribution in [0.1, 0.15) is 87.1 Å².